The van der Waals surface area contributed by atoms with Crippen LogP contribution in [-0.2, 0) is 9.47 Å². The Kier molecular flexibility index (Phi) is 11.5. The quantitative estimate of drug-likeness (QED) is 0.211. The van der Waals surface area contributed by atoms with Crippen LogP contribution < -0.4 is 15.1 Å². The van der Waals surface area contributed by atoms with Crippen molar-refractivity contribution in [3.05, 3.63) is 49.1 Å². The van der Waals surface area contributed by atoms with Crippen molar-refractivity contribution in [3.63, 3.8) is 0 Å². The van der Waals surface area contributed by atoms with Gasteiger partial charge in [0.25, 0.3) is 0 Å². The Morgan fingerprint density at radius 1 is 0.792 bits per heavy atom. The van der Waals surface area contributed by atoms with Gasteiger partial charge in [-0.15, -0.1) is 0 Å². The number of fused-ring (bicyclic) bond motifs is 2. The average Bonchev–Trinajstić information content (AvgIpc) is 3.65. The summed E-state index contributed by atoms with van der Waals surface area (Å²) >= 11 is 0. The Morgan fingerprint density at radius 3 is 1.71 bits per heavy atom. The van der Waals surface area contributed by atoms with E-state index >= 15 is 0 Å². The second-order valence-corrected chi connectivity index (χ2v) is 14.4. The number of H-pyrrole nitrogens is 2. The predicted octanol–water partition coefficient (Wildman–Crippen LogP) is 7.09. The Balaban J connectivity index is 0.000000212. The van der Waals surface area contributed by atoms with Crippen molar-refractivity contribution < 1.29 is 19.1 Å². The van der Waals surface area contributed by atoms with Crippen molar-refractivity contribution in [2.24, 2.45) is 0 Å². The third-order valence-corrected chi connectivity index (χ3v) is 8.42. The normalized spacial score (nSPS) is 16.1. The molecule has 6 rings (SSSR count). The van der Waals surface area contributed by atoms with E-state index in [-0.39, 0.29) is 31.7 Å². The maximum Gasteiger partial charge on any atom is 0.410 e. The molecule has 6 heterocycles. The first-order chi connectivity index (χ1) is 22.3. The van der Waals surface area contributed by atoms with Crippen LogP contribution >= 0.6 is 0 Å². The molecule has 0 unspecified atom stereocenters. The van der Waals surface area contributed by atoms with Crippen LogP contribution in [0.25, 0.3) is 22.1 Å². The fourth-order valence-electron chi connectivity index (χ4n) is 6.08. The molecule has 2 aliphatic heterocycles. The molecule has 262 valence electrons. The smallest absolute Gasteiger partial charge is 0.410 e. The number of amides is 2. The summed E-state index contributed by atoms with van der Waals surface area (Å²) in [5.41, 5.74) is 5.49. The lowest BCUT2D eigenvalue weighted by Crippen LogP contribution is -2.47. The van der Waals surface area contributed by atoms with Gasteiger partial charge >= 0.3 is 12.2 Å². The van der Waals surface area contributed by atoms with Gasteiger partial charge < -0.3 is 39.5 Å². The van der Waals surface area contributed by atoms with Crippen molar-refractivity contribution >= 4 is 45.6 Å². The number of aromatic nitrogens is 4. The molecular formula is C36H54N8O4. The summed E-state index contributed by atoms with van der Waals surface area (Å²) in [7, 11) is 1.83. The Bertz CT molecular complexity index is 1640. The number of ether oxygens (including phenoxy) is 2. The van der Waals surface area contributed by atoms with Crippen molar-refractivity contribution in [2.75, 3.05) is 43.0 Å². The maximum absolute atomic E-state index is 12.2. The highest BCUT2D eigenvalue weighted by atomic mass is 16.6. The summed E-state index contributed by atoms with van der Waals surface area (Å²) in [5, 5.41) is 2.97. The van der Waals surface area contributed by atoms with E-state index in [4.69, 9.17) is 9.47 Å². The maximum atomic E-state index is 12.2. The molecule has 0 saturated carbocycles. The van der Waals surface area contributed by atoms with Gasteiger partial charge in [-0.1, -0.05) is 7.43 Å². The van der Waals surface area contributed by atoms with Gasteiger partial charge in [-0.25, -0.2) is 9.59 Å². The van der Waals surface area contributed by atoms with Crippen LogP contribution in [0.15, 0.2) is 49.1 Å². The van der Waals surface area contributed by atoms with Crippen LogP contribution in [0.1, 0.15) is 74.7 Å². The monoisotopic (exact) mass is 662 g/mol. The molecule has 0 aromatic carbocycles. The first-order valence-electron chi connectivity index (χ1n) is 16.6. The SMILES string of the molecule is C.CC(C)(C)OC(=O)NC1CCN(c2c[nH]c3cccnc23)CC1.CN(C(=O)OC(C)(C)C)C1CCN(c2c[nH]c3cccnc23)CC1. The average molecular weight is 663 g/mol. The molecule has 2 fully saturated rings. The number of hydrogen-bond donors (Lipinski definition) is 3. The van der Waals surface area contributed by atoms with E-state index in [0.717, 1.165) is 85.3 Å². The van der Waals surface area contributed by atoms with Gasteiger partial charge in [0.1, 0.15) is 22.2 Å². The topological polar surface area (TPSA) is 132 Å². The summed E-state index contributed by atoms with van der Waals surface area (Å²) in [5.74, 6) is 0. The molecule has 0 spiro atoms. The molecule has 2 aliphatic rings. The van der Waals surface area contributed by atoms with Crippen molar-refractivity contribution in [1.29, 1.82) is 0 Å². The number of alkyl carbamates (subject to hydrolysis) is 1. The lowest BCUT2D eigenvalue weighted by atomic mass is 10.0. The third kappa shape index (κ3) is 9.32. The number of nitrogens with zero attached hydrogens (tertiary/aromatic N) is 5. The fraction of sp³-hybridized carbons (Fsp3) is 0.556. The summed E-state index contributed by atoms with van der Waals surface area (Å²) in [6.07, 6.45) is 10.8. The fourth-order valence-corrected chi connectivity index (χ4v) is 6.08. The zero-order valence-corrected chi connectivity index (χ0v) is 28.8. The number of piperidine rings is 2. The van der Waals surface area contributed by atoms with Crippen molar-refractivity contribution in [1.82, 2.24) is 30.2 Å². The molecule has 2 amide bonds. The highest BCUT2D eigenvalue weighted by Crippen LogP contribution is 2.29. The number of carbonyl (C=O) groups excluding carboxylic acids is 2. The van der Waals surface area contributed by atoms with E-state index in [1.54, 1.807) is 4.90 Å². The van der Waals surface area contributed by atoms with Crippen molar-refractivity contribution in [2.45, 2.75) is 97.9 Å². The second kappa shape index (κ2) is 15.2. The van der Waals surface area contributed by atoms with Gasteiger partial charge in [-0.3, -0.25) is 9.97 Å². The van der Waals surface area contributed by atoms with E-state index in [1.165, 1.54) is 0 Å². The lowest BCUT2D eigenvalue weighted by molar-refractivity contribution is 0.0200. The summed E-state index contributed by atoms with van der Waals surface area (Å²) in [6.45, 7) is 14.9. The summed E-state index contributed by atoms with van der Waals surface area (Å²) in [6, 6.07) is 8.32. The van der Waals surface area contributed by atoms with E-state index in [0.29, 0.717) is 0 Å². The number of hydrogen-bond acceptors (Lipinski definition) is 8. The molecule has 12 heteroatoms. The number of anilines is 2. The second-order valence-electron chi connectivity index (χ2n) is 14.4. The standard InChI is InChI=1S/C18H26N4O2.C17H24N4O2.CH4/c1-18(2,3)24-17(23)21(4)13-7-10-22(11-8-13)15-12-20-14-6-5-9-19-16(14)15;1-17(2,3)23-16(22)20-12-6-9-21(10-7-12)14-11-19-13-5-4-8-18-15(13)14;/h5-6,9,12-13,20H,7-8,10-11H2,1-4H3;4-5,8,11-12,19H,6-7,9-10H2,1-3H3,(H,20,22);1H4. The van der Waals surface area contributed by atoms with Crippen LogP contribution in [0.2, 0.25) is 0 Å². The largest absolute Gasteiger partial charge is 0.444 e. The van der Waals surface area contributed by atoms with Crippen LogP contribution in [-0.4, -0.2) is 93.5 Å². The Morgan fingerprint density at radius 2 is 1.25 bits per heavy atom. The highest BCUT2D eigenvalue weighted by Gasteiger charge is 2.29. The molecule has 0 radical (unpaired) electrons. The molecule has 3 N–H and O–H groups in total. The molecule has 0 atom stereocenters. The number of pyridine rings is 2. The number of rotatable bonds is 4. The molecular weight excluding hydrogens is 608 g/mol. The number of aromatic amines is 2. The molecule has 0 bridgehead atoms. The van der Waals surface area contributed by atoms with E-state index < -0.39 is 11.2 Å². The Hall–Kier alpha value is -4.48. The minimum atomic E-state index is -0.458. The predicted molar refractivity (Wildman–Crippen MR) is 193 cm³/mol. The van der Waals surface area contributed by atoms with Crippen LogP contribution in [0.4, 0.5) is 21.0 Å². The molecule has 0 aliphatic carbocycles. The van der Waals surface area contributed by atoms with E-state index in [2.05, 4.69) is 35.1 Å². The van der Waals surface area contributed by atoms with E-state index in [9.17, 15) is 9.59 Å². The Labute approximate surface area is 284 Å². The molecule has 4 aromatic heterocycles. The zero-order valence-electron chi connectivity index (χ0n) is 28.8. The van der Waals surface area contributed by atoms with Gasteiger partial charge in [-0.2, -0.15) is 0 Å². The highest BCUT2D eigenvalue weighted by molar-refractivity contribution is 5.89. The molecule has 4 aromatic rings. The van der Waals surface area contributed by atoms with Gasteiger partial charge in [0.05, 0.1) is 22.4 Å². The number of carbonyl (C=O) groups is 2. The molecule has 48 heavy (non-hydrogen) atoms. The first-order valence-corrected chi connectivity index (χ1v) is 16.6. The summed E-state index contributed by atoms with van der Waals surface area (Å²) in [4.78, 5) is 45.9. The number of nitrogens with one attached hydrogen (secondary N) is 3. The van der Waals surface area contributed by atoms with Crippen LogP contribution in [0.5, 0.6) is 0 Å². The van der Waals surface area contributed by atoms with Gasteiger partial charge in [-0.05, 0) is 91.5 Å². The minimum Gasteiger partial charge on any atom is -0.444 e. The molecule has 12 nitrogen and oxygen atoms in total. The lowest BCUT2D eigenvalue weighted by Gasteiger charge is -2.37. The third-order valence-electron chi connectivity index (χ3n) is 8.42. The van der Waals surface area contributed by atoms with E-state index in [1.807, 2.05) is 97.6 Å². The van der Waals surface area contributed by atoms with Crippen LogP contribution in [0.3, 0.4) is 0 Å². The molecule has 2 saturated heterocycles. The summed E-state index contributed by atoms with van der Waals surface area (Å²) < 4.78 is 10.8. The zero-order chi connectivity index (χ0) is 33.8. The van der Waals surface area contributed by atoms with Crippen LogP contribution in [0, 0.1) is 0 Å². The van der Waals surface area contributed by atoms with Gasteiger partial charge in [0.15, 0.2) is 0 Å². The first kappa shape index (κ1) is 36.4. The van der Waals surface area contributed by atoms with Crippen molar-refractivity contribution in [3.8, 4) is 0 Å². The minimum absolute atomic E-state index is 0. The van der Waals surface area contributed by atoms with Gasteiger partial charge in [0, 0.05) is 70.1 Å². The van der Waals surface area contributed by atoms with Gasteiger partial charge in [0.2, 0.25) is 0 Å².